The minimum atomic E-state index is -0.672. The molecule has 23 heavy (non-hydrogen) atoms. The highest BCUT2D eigenvalue weighted by Crippen LogP contribution is 2.36. The van der Waals surface area contributed by atoms with Crippen LogP contribution in [0.1, 0.15) is 77.6 Å². The van der Waals surface area contributed by atoms with Crippen LogP contribution < -0.4 is 0 Å². The summed E-state index contributed by atoms with van der Waals surface area (Å²) in [7, 11) is 1.39. The number of hydrogen-bond acceptors (Lipinski definition) is 4. The van der Waals surface area contributed by atoms with Crippen molar-refractivity contribution in [2.24, 2.45) is 5.92 Å². The molecular weight excluding hydrogens is 292 g/mol. The van der Waals surface area contributed by atoms with Crippen molar-refractivity contribution >= 4 is 5.97 Å². The lowest BCUT2D eigenvalue weighted by Crippen LogP contribution is -2.35. The number of hydrogen-bond donors (Lipinski definition) is 2. The van der Waals surface area contributed by atoms with Gasteiger partial charge in [0.1, 0.15) is 0 Å². The number of aliphatic hydroxyl groups excluding tert-OH is 1. The van der Waals surface area contributed by atoms with Crippen LogP contribution >= 0.6 is 0 Å². The molecule has 0 bridgehead atoms. The van der Waals surface area contributed by atoms with Gasteiger partial charge >= 0.3 is 5.97 Å². The molecule has 1 aliphatic rings. The van der Waals surface area contributed by atoms with E-state index < -0.39 is 5.60 Å². The first-order valence-electron chi connectivity index (χ1n) is 9.14. The summed E-state index contributed by atoms with van der Waals surface area (Å²) in [4.78, 5) is 11.2. The highest BCUT2D eigenvalue weighted by molar-refractivity contribution is 5.68. The van der Waals surface area contributed by atoms with Gasteiger partial charge in [0, 0.05) is 6.42 Å². The van der Waals surface area contributed by atoms with E-state index in [-0.39, 0.29) is 12.1 Å². The number of methoxy groups -OCH3 is 1. The Morgan fingerprint density at radius 1 is 1.39 bits per heavy atom. The molecule has 0 saturated heterocycles. The number of aliphatic hydroxyl groups is 2. The molecule has 0 amide bonds. The second-order valence-corrected chi connectivity index (χ2v) is 6.96. The quantitative estimate of drug-likeness (QED) is 0.364. The van der Waals surface area contributed by atoms with Crippen molar-refractivity contribution < 1.29 is 19.7 Å². The monoisotopic (exact) mass is 326 g/mol. The van der Waals surface area contributed by atoms with Crippen molar-refractivity contribution in [2.45, 2.75) is 89.3 Å². The molecule has 4 heteroatoms. The Kier molecular flexibility index (Phi) is 9.49. The number of esters is 1. The van der Waals surface area contributed by atoms with Gasteiger partial charge in [0.15, 0.2) is 0 Å². The van der Waals surface area contributed by atoms with E-state index in [9.17, 15) is 15.0 Å². The SMILES string of the molecule is CCCCCC(O)/C=C/[C@H]1CCC[C@](O)(CCCC(=O)OC)C1. The summed E-state index contributed by atoms with van der Waals surface area (Å²) in [5, 5.41) is 20.7. The van der Waals surface area contributed by atoms with E-state index in [2.05, 4.69) is 17.7 Å². The third kappa shape index (κ3) is 8.52. The summed E-state index contributed by atoms with van der Waals surface area (Å²) in [5.41, 5.74) is -0.672. The average Bonchev–Trinajstić information content (AvgIpc) is 2.53. The van der Waals surface area contributed by atoms with Crippen LogP contribution in [0.15, 0.2) is 12.2 Å². The first-order valence-corrected chi connectivity index (χ1v) is 9.14. The molecule has 3 atom stereocenters. The normalized spacial score (nSPS) is 26.3. The van der Waals surface area contributed by atoms with E-state index in [0.29, 0.717) is 25.2 Å². The number of carbonyl (C=O) groups excluding carboxylic acids is 1. The summed E-state index contributed by atoms with van der Waals surface area (Å²) in [6.45, 7) is 2.16. The maximum absolute atomic E-state index is 11.2. The Morgan fingerprint density at radius 2 is 2.17 bits per heavy atom. The lowest BCUT2D eigenvalue weighted by atomic mass is 9.75. The van der Waals surface area contributed by atoms with Crippen molar-refractivity contribution in [3.63, 3.8) is 0 Å². The van der Waals surface area contributed by atoms with Crippen LogP contribution in [0.2, 0.25) is 0 Å². The summed E-state index contributed by atoms with van der Waals surface area (Å²) >= 11 is 0. The van der Waals surface area contributed by atoms with E-state index in [1.165, 1.54) is 7.11 Å². The fourth-order valence-corrected chi connectivity index (χ4v) is 3.43. The molecule has 0 heterocycles. The predicted molar refractivity (Wildman–Crippen MR) is 92.1 cm³/mol. The molecule has 0 aromatic heterocycles. The summed E-state index contributed by atoms with van der Waals surface area (Å²) in [6, 6.07) is 0. The van der Waals surface area contributed by atoms with Crippen molar-refractivity contribution in [1.82, 2.24) is 0 Å². The van der Waals surface area contributed by atoms with Crippen LogP contribution in [0.5, 0.6) is 0 Å². The fourth-order valence-electron chi connectivity index (χ4n) is 3.43. The molecule has 0 aromatic carbocycles. The number of allylic oxidation sites excluding steroid dienone is 1. The van der Waals surface area contributed by atoms with Gasteiger partial charge in [0.05, 0.1) is 18.8 Å². The van der Waals surface area contributed by atoms with Crippen LogP contribution in [0.3, 0.4) is 0 Å². The van der Waals surface area contributed by atoms with Gasteiger partial charge in [-0.25, -0.2) is 0 Å². The highest BCUT2D eigenvalue weighted by Gasteiger charge is 2.33. The fraction of sp³-hybridized carbons (Fsp3) is 0.842. The zero-order valence-electron chi connectivity index (χ0n) is 14.8. The second kappa shape index (κ2) is 10.8. The van der Waals surface area contributed by atoms with Crippen molar-refractivity contribution in [2.75, 3.05) is 7.11 Å². The smallest absolute Gasteiger partial charge is 0.305 e. The largest absolute Gasteiger partial charge is 0.469 e. The first kappa shape index (κ1) is 20.2. The molecule has 1 saturated carbocycles. The lowest BCUT2D eigenvalue weighted by molar-refractivity contribution is -0.141. The Hall–Kier alpha value is -0.870. The number of rotatable bonds is 10. The Labute approximate surface area is 140 Å². The Balaban J connectivity index is 2.36. The molecule has 0 spiro atoms. The van der Waals surface area contributed by atoms with Crippen molar-refractivity contribution in [3.8, 4) is 0 Å². The maximum atomic E-state index is 11.2. The van der Waals surface area contributed by atoms with Crippen LogP contribution in [0, 0.1) is 5.92 Å². The van der Waals surface area contributed by atoms with Crippen LogP contribution in [-0.2, 0) is 9.53 Å². The molecular formula is C19H34O4. The summed E-state index contributed by atoms with van der Waals surface area (Å²) in [5.74, 6) is 0.115. The topological polar surface area (TPSA) is 66.8 Å². The van der Waals surface area contributed by atoms with E-state index in [0.717, 1.165) is 51.4 Å². The molecule has 1 unspecified atom stereocenters. The van der Waals surface area contributed by atoms with Gasteiger partial charge in [-0.15, -0.1) is 0 Å². The van der Waals surface area contributed by atoms with Gasteiger partial charge < -0.3 is 14.9 Å². The van der Waals surface area contributed by atoms with Crippen molar-refractivity contribution in [1.29, 1.82) is 0 Å². The lowest BCUT2D eigenvalue weighted by Gasteiger charge is -2.36. The summed E-state index contributed by atoms with van der Waals surface area (Å²) < 4.78 is 4.64. The summed E-state index contributed by atoms with van der Waals surface area (Å²) in [6.07, 6.45) is 13.1. The minimum Gasteiger partial charge on any atom is -0.469 e. The van der Waals surface area contributed by atoms with Gasteiger partial charge in [-0.3, -0.25) is 4.79 Å². The van der Waals surface area contributed by atoms with Crippen LogP contribution in [-0.4, -0.2) is 35.0 Å². The van der Waals surface area contributed by atoms with E-state index >= 15 is 0 Å². The standard InChI is InChI=1S/C19H34O4/c1-3-4-5-9-17(20)12-11-16-8-6-13-19(22,15-16)14-7-10-18(21)23-2/h11-12,16-17,20,22H,3-10,13-15H2,1-2H3/b12-11+/t16-,17?,19+/m1/s1. The van der Waals surface area contributed by atoms with Gasteiger partial charge in [0.2, 0.25) is 0 Å². The molecule has 1 aliphatic carbocycles. The number of unbranched alkanes of at least 4 members (excludes halogenated alkanes) is 2. The molecule has 0 radical (unpaired) electrons. The van der Waals surface area contributed by atoms with Crippen molar-refractivity contribution in [3.05, 3.63) is 12.2 Å². The molecule has 0 aliphatic heterocycles. The third-order valence-corrected chi connectivity index (χ3v) is 4.82. The van der Waals surface area contributed by atoms with Gasteiger partial charge in [-0.2, -0.15) is 0 Å². The molecule has 0 aromatic rings. The number of carbonyl (C=O) groups is 1. The van der Waals surface area contributed by atoms with E-state index in [4.69, 9.17) is 0 Å². The van der Waals surface area contributed by atoms with Gasteiger partial charge in [-0.1, -0.05) is 44.8 Å². The third-order valence-electron chi connectivity index (χ3n) is 4.82. The van der Waals surface area contributed by atoms with Gasteiger partial charge in [-0.05, 0) is 44.4 Å². The Morgan fingerprint density at radius 3 is 2.87 bits per heavy atom. The molecule has 1 rings (SSSR count). The Bertz CT molecular complexity index is 366. The zero-order valence-corrected chi connectivity index (χ0v) is 14.8. The average molecular weight is 326 g/mol. The van der Waals surface area contributed by atoms with Gasteiger partial charge in [0.25, 0.3) is 0 Å². The maximum Gasteiger partial charge on any atom is 0.305 e. The molecule has 134 valence electrons. The molecule has 1 fully saturated rings. The number of ether oxygens (including phenoxy) is 1. The van der Waals surface area contributed by atoms with E-state index in [1.807, 2.05) is 6.08 Å². The van der Waals surface area contributed by atoms with E-state index in [1.54, 1.807) is 0 Å². The van der Waals surface area contributed by atoms with Crippen LogP contribution in [0.25, 0.3) is 0 Å². The molecule has 2 N–H and O–H groups in total. The highest BCUT2D eigenvalue weighted by atomic mass is 16.5. The minimum absolute atomic E-state index is 0.212. The zero-order chi connectivity index (χ0) is 17.1. The second-order valence-electron chi connectivity index (χ2n) is 6.96. The van der Waals surface area contributed by atoms with Crippen LogP contribution in [0.4, 0.5) is 0 Å². The molecule has 4 nitrogen and oxygen atoms in total. The first-order chi connectivity index (χ1) is 11.0. The predicted octanol–water partition coefficient (Wildman–Crippen LogP) is 3.75.